The third-order valence-corrected chi connectivity index (χ3v) is 3.57. The number of hydrogen-bond donors (Lipinski definition) is 1. The van der Waals surface area contributed by atoms with Crippen LogP contribution in [0.3, 0.4) is 0 Å². The molecule has 0 bridgehead atoms. The molecule has 0 aromatic carbocycles. The summed E-state index contributed by atoms with van der Waals surface area (Å²) in [5, 5.41) is 9.17. The van der Waals surface area contributed by atoms with E-state index in [9.17, 15) is 4.79 Å². The summed E-state index contributed by atoms with van der Waals surface area (Å²) < 4.78 is 5.41. The maximum absolute atomic E-state index is 11.4. The lowest BCUT2D eigenvalue weighted by Gasteiger charge is -2.36. The van der Waals surface area contributed by atoms with Crippen LogP contribution >= 0.6 is 0 Å². The molecule has 1 aliphatic rings. The number of esters is 1. The lowest BCUT2D eigenvalue weighted by atomic mass is 9.75. The Bertz CT molecular complexity index is 235. The second-order valence-corrected chi connectivity index (χ2v) is 5.48. The molecule has 0 aromatic rings. The number of carbonyl (C=O) groups excluding carboxylic acids is 1. The van der Waals surface area contributed by atoms with Crippen LogP contribution in [0.25, 0.3) is 0 Å². The molecule has 1 aliphatic carbocycles. The first-order valence-corrected chi connectivity index (χ1v) is 6.30. The van der Waals surface area contributed by atoms with Gasteiger partial charge in [0.25, 0.3) is 0 Å². The highest BCUT2D eigenvalue weighted by Crippen LogP contribution is 2.35. The summed E-state index contributed by atoms with van der Waals surface area (Å²) >= 11 is 0. The van der Waals surface area contributed by atoms with Crippen molar-refractivity contribution in [1.82, 2.24) is 0 Å². The number of aliphatic hydroxyl groups is 1. The minimum atomic E-state index is -1.01. The Hall–Kier alpha value is -0.570. The highest BCUT2D eigenvalue weighted by atomic mass is 16.6. The number of hydrogen-bond acceptors (Lipinski definition) is 3. The van der Waals surface area contributed by atoms with Crippen LogP contribution in [0.1, 0.15) is 47.0 Å². The van der Waals surface area contributed by atoms with Gasteiger partial charge < -0.3 is 9.84 Å². The van der Waals surface area contributed by atoms with Crippen LogP contribution < -0.4 is 0 Å². The Morgan fingerprint density at radius 2 is 1.94 bits per heavy atom. The first-order valence-electron chi connectivity index (χ1n) is 6.30. The largest absolute Gasteiger partial charge is 0.460 e. The van der Waals surface area contributed by atoms with Gasteiger partial charge in [-0.05, 0) is 37.5 Å². The Kier molecular flexibility index (Phi) is 4.78. The predicted molar refractivity (Wildman–Crippen MR) is 62.9 cm³/mol. The number of carbonyl (C=O) groups is 1. The minimum Gasteiger partial charge on any atom is -0.460 e. The summed E-state index contributed by atoms with van der Waals surface area (Å²) in [6.45, 7) is 7.99. The van der Waals surface area contributed by atoms with Gasteiger partial charge in [0.15, 0.2) is 0 Å². The minimum absolute atomic E-state index is 0.00847. The van der Waals surface area contributed by atoms with E-state index in [1.165, 1.54) is 13.3 Å². The van der Waals surface area contributed by atoms with Crippen LogP contribution in [-0.4, -0.2) is 23.3 Å². The molecule has 0 unspecified atom stereocenters. The average Bonchev–Trinajstić information content (AvgIpc) is 2.16. The molecule has 0 aromatic heterocycles. The average molecular weight is 228 g/mol. The second-order valence-electron chi connectivity index (χ2n) is 5.48. The summed E-state index contributed by atoms with van der Waals surface area (Å²) in [4.78, 5) is 11.4. The van der Waals surface area contributed by atoms with Gasteiger partial charge in [-0.25, -0.2) is 4.79 Å². The maximum Gasteiger partial charge on any atom is 0.334 e. The number of rotatable bonds is 3. The molecule has 3 heteroatoms. The molecule has 3 nitrogen and oxygen atoms in total. The SMILES string of the molecule is CC(C)[C@@H]1CC[C@H](C)C[C@@H]1OC(=O)[C@@H](C)O. The lowest BCUT2D eigenvalue weighted by molar-refractivity contribution is -0.164. The predicted octanol–water partition coefficient (Wildman–Crippen LogP) is 2.37. The molecule has 1 rings (SSSR count). The fraction of sp³-hybridized carbons (Fsp3) is 0.923. The van der Waals surface area contributed by atoms with E-state index in [1.54, 1.807) is 0 Å². The van der Waals surface area contributed by atoms with Crippen molar-refractivity contribution in [3.05, 3.63) is 0 Å². The molecule has 0 heterocycles. The van der Waals surface area contributed by atoms with Crippen LogP contribution in [0.2, 0.25) is 0 Å². The Balaban J connectivity index is 2.61. The first-order chi connectivity index (χ1) is 7.41. The van der Waals surface area contributed by atoms with Crippen molar-refractivity contribution in [3.8, 4) is 0 Å². The molecule has 1 fully saturated rings. The zero-order valence-corrected chi connectivity index (χ0v) is 10.8. The Morgan fingerprint density at radius 3 is 2.44 bits per heavy atom. The Labute approximate surface area is 98.2 Å². The topological polar surface area (TPSA) is 46.5 Å². The molecule has 94 valence electrons. The molecule has 0 spiro atoms. The van der Waals surface area contributed by atoms with Gasteiger partial charge in [-0.2, -0.15) is 0 Å². The van der Waals surface area contributed by atoms with E-state index in [0.29, 0.717) is 17.8 Å². The van der Waals surface area contributed by atoms with Crippen molar-refractivity contribution in [2.24, 2.45) is 17.8 Å². The summed E-state index contributed by atoms with van der Waals surface area (Å²) in [5.41, 5.74) is 0. The van der Waals surface area contributed by atoms with E-state index >= 15 is 0 Å². The zero-order chi connectivity index (χ0) is 12.3. The smallest absolute Gasteiger partial charge is 0.334 e. The van der Waals surface area contributed by atoms with Crippen LogP contribution in [0.4, 0.5) is 0 Å². The number of ether oxygens (including phenoxy) is 1. The Morgan fingerprint density at radius 1 is 1.31 bits per heavy atom. The fourth-order valence-electron chi connectivity index (χ4n) is 2.50. The van der Waals surface area contributed by atoms with Gasteiger partial charge >= 0.3 is 5.97 Å². The van der Waals surface area contributed by atoms with Crippen molar-refractivity contribution >= 4 is 5.97 Å². The third kappa shape index (κ3) is 3.48. The van der Waals surface area contributed by atoms with Crippen molar-refractivity contribution in [2.75, 3.05) is 0 Å². The molecule has 1 saturated carbocycles. The van der Waals surface area contributed by atoms with Gasteiger partial charge in [-0.1, -0.05) is 27.2 Å². The number of aliphatic hydroxyl groups excluding tert-OH is 1. The lowest BCUT2D eigenvalue weighted by Crippen LogP contribution is -2.37. The summed E-state index contributed by atoms with van der Waals surface area (Å²) in [7, 11) is 0. The molecule has 0 amide bonds. The molecule has 1 N–H and O–H groups in total. The summed E-state index contributed by atoms with van der Waals surface area (Å²) in [6, 6.07) is 0. The normalized spacial score (nSPS) is 32.5. The van der Waals surface area contributed by atoms with Crippen LogP contribution in [0, 0.1) is 17.8 Å². The summed E-state index contributed by atoms with van der Waals surface area (Å²) in [6.07, 6.45) is 2.25. The van der Waals surface area contributed by atoms with Crippen molar-refractivity contribution in [1.29, 1.82) is 0 Å². The molecule has 0 radical (unpaired) electrons. The van der Waals surface area contributed by atoms with Gasteiger partial charge in [0.2, 0.25) is 0 Å². The van der Waals surface area contributed by atoms with E-state index < -0.39 is 12.1 Å². The standard InChI is InChI=1S/C13H24O3/c1-8(2)11-6-5-9(3)7-12(11)16-13(15)10(4)14/h8-12,14H,5-7H2,1-4H3/t9-,10+,11-,12-/m0/s1. The van der Waals surface area contributed by atoms with Crippen LogP contribution in [0.5, 0.6) is 0 Å². The van der Waals surface area contributed by atoms with Gasteiger partial charge in [0.1, 0.15) is 12.2 Å². The fourth-order valence-corrected chi connectivity index (χ4v) is 2.50. The highest BCUT2D eigenvalue weighted by Gasteiger charge is 2.33. The van der Waals surface area contributed by atoms with Gasteiger partial charge in [-0.15, -0.1) is 0 Å². The van der Waals surface area contributed by atoms with Crippen molar-refractivity contribution in [2.45, 2.75) is 59.2 Å². The van der Waals surface area contributed by atoms with Crippen molar-refractivity contribution < 1.29 is 14.6 Å². The molecule has 0 saturated heterocycles. The monoisotopic (exact) mass is 228 g/mol. The van der Waals surface area contributed by atoms with Gasteiger partial charge in [0, 0.05) is 0 Å². The van der Waals surface area contributed by atoms with Crippen molar-refractivity contribution in [3.63, 3.8) is 0 Å². The maximum atomic E-state index is 11.4. The van der Waals surface area contributed by atoms with E-state index in [4.69, 9.17) is 9.84 Å². The third-order valence-electron chi connectivity index (χ3n) is 3.57. The van der Waals surface area contributed by atoms with Crippen LogP contribution in [-0.2, 0) is 9.53 Å². The van der Waals surface area contributed by atoms with E-state index in [-0.39, 0.29) is 6.10 Å². The molecule has 4 atom stereocenters. The van der Waals surface area contributed by atoms with Gasteiger partial charge in [-0.3, -0.25) is 0 Å². The van der Waals surface area contributed by atoms with E-state index in [0.717, 1.165) is 12.8 Å². The zero-order valence-electron chi connectivity index (χ0n) is 10.8. The molecular weight excluding hydrogens is 204 g/mol. The highest BCUT2D eigenvalue weighted by molar-refractivity contribution is 5.74. The first kappa shape index (κ1) is 13.5. The quantitative estimate of drug-likeness (QED) is 0.754. The second kappa shape index (κ2) is 5.67. The summed E-state index contributed by atoms with van der Waals surface area (Å²) in [5.74, 6) is 1.10. The molecule has 16 heavy (non-hydrogen) atoms. The van der Waals surface area contributed by atoms with Crippen LogP contribution in [0.15, 0.2) is 0 Å². The molecule has 0 aliphatic heterocycles. The van der Waals surface area contributed by atoms with E-state index in [2.05, 4.69) is 20.8 Å². The van der Waals surface area contributed by atoms with E-state index in [1.807, 2.05) is 0 Å². The van der Waals surface area contributed by atoms with Gasteiger partial charge in [0.05, 0.1) is 0 Å². The molecular formula is C13H24O3.